The molecule has 18 heavy (non-hydrogen) atoms. The van der Waals surface area contributed by atoms with E-state index in [9.17, 15) is 9.59 Å². The van der Waals surface area contributed by atoms with E-state index in [2.05, 4.69) is 4.98 Å². The zero-order chi connectivity index (χ0) is 13.0. The smallest absolute Gasteiger partial charge is 0.329 e. The molecule has 0 saturated carbocycles. The average Bonchev–Trinajstić information content (AvgIpc) is 2.39. The molecule has 0 amide bonds. The summed E-state index contributed by atoms with van der Waals surface area (Å²) in [5.74, 6) is 0. The van der Waals surface area contributed by atoms with Crippen LogP contribution in [0.5, 0.6) is 0 Å². The third kappa shape index (κ3) is 2.54. The Bertz CT molecular complexity index is 631. The van der Waals surface area contributed by atoms with Gasteiger partial charge in [0.2, 0.25) is 0 Å². The molecule has 0 radical (unpaired) electrons. The molecule has 6 heteroatoms. The Morgan fingerprint density at radius 2 is 2.06 bits per heavy atom. The third-order valence-electron chi connectivity index (χ3n) is 2.55. The van der Waals surface area contributed by atoms with E-state index >= 15 is 0 Å². The molecule has 0 aliphatic carbocycles. The van der Waals surface area contributed by atoms with Crippen molar-refractivity contribution < 1.29 is 0 Å². The number of pyridine rings is 1. The predicted molar refractivity (Wildman–Crippen MR) is 67.4 cm³/mol. The molecule has 2 aromatic rings. The minimum Gasteiger partial charge on any atom is -0.329 e. The topological polar surface area (TPSA) is 82.9 Å². The SMILES string of the molecule is NCCn1c(=O)ccn(Cc2ccccn2)c1=O. The molecular weight excluding hydrogens is 232 g/mol. The van der Waals surface area contributed by atoms with Gasteiger partial charge >= 0.3 is 5.69 Å². The predicted octanol–water partition coefficient (Wildman–Crippen LogP) is -0.588. The van der Waals surface area contributed by atoms with Crippen LogP contribution in [0.3, 0.4) is 0 Å². The minimum atomic E-state index is -0.362. The first-order valence-electron chi connectivity index (χ1n) is 5.62. The van der Waals surface area contributed by atoms with E-state index in [1.165, 1.54) is 16.8 Å². The maximum atomic E-state index is 12.0. The highest BCUT2D eigenvalue weighted by Gasteiger charge is 2.05. The van der Waals surface area contributed by atoms with Gasteiger partial charge in [0, 0.05) is 31.5 Å². The Balaban J connectivity index is 2.38. The van der Waals surface area contributed by atoms with Gasteiger partial charge in [-0.05, 0) is 12.1 Å². The average molecular weight is 246 g/mol. The van der Waals surface area contributed by atoms with Crippen molar-refractivity contribution in [2.45, 2.75) is 13.1 Å². The fraction of sp³-hybridized carbons (Fsp3) is 0.250. The van der Waals surface area contributed by atoms with Gasteiger partial charge < -0.3 is 5.73 Å². The third-order valence-corrected chi connectivity index (χ3v) is 2.55. The van der Waals surface area contributed by atoms with E-state index in [0.29, 0.717) is 6.54 Å². The molecule has 0 bridgehead atoms. The largest absolute Gasteiger partial charge is 0.331 e. The van der Waals surface area contributed by atoms with Crippen LogP contribution in [0, 0.1) is 0 Å². The van der Waals surface area contributed by atoms with Gasteiger partial charge in [0.05, 0.1) is 12.2 Å². The molecule has 94 valence electrons. The Labute approximate surface area is 103 Å². The van der Waals surface area contributed by atoms with Crippen molar-refractivity contribution in [1.29, 1.82) is 0 Å². The summed E-state index contributed by atoms with van der Waals surface area (Å²) >= 11 is 0. The van der Waals surface area contributed by atoms with Crippen molar-refractivity contribution in [2.24, 2.45) is 5.73 Å². The van der Waals surface area contributed by atoms with Crippen LogP contribution in [-0.2, 0) is 13.1 Å². The first-order valence-corrected chi connectivity index (χ1v) is 5.62. The summed E-state index contributed by atoms with van der Waals surface area (Å²) in [6.45, 7) is 0.813. The van der Waals surface area contributed by atoms with E-state index in [0.717, 1.165) is 10.3 Å². The van der Waals surface area contributed by atoms with Crippen LogP contribution in [0.4, 0.5) is 0 Å². The lowest BCUT2D eigenvalue weighted by molar-refractivity contribution is 0.576. The maximum absolute atomic E-state index is 12.0. The van der Waals surface area contributed by atoms with Gasteiger partial charge in [-0.15, -0.1) is 0 Å². The minimum absolute atomic E-state index is 0.223. The molecule has 2 N–H and O–H groups in total. The van der Waals surface area contributed by atoms with Gasteiger partial charge in [-0.1, -0.05) is 6.07 Å². The second-order valence-electron chi connectivity index (χ2n) is 3.83. The lowest BCUT2D eigenvalue weighted by Gasteiger charge is -2.08. The van der Waals surface area contributed by atoms with Crippen molar-refractivity contribution >= 4 is 0 Å². The van der Waals surface area contributed by atoms with Crippen molar-refractivity contribution in [1.82, 2.24) is 14.1 Å². The molecule has 0 aromatic carbocycles. The number of hydrogen-bond donors (Lipinski definition) is 1. The number of rotatable bonds is 4. The lowest BCUT2D eigenvalue weighted by atomic mass is 10.3. The standard InChI is InChI=1S/C12H14N4O2/c13-5-8-16-11(17)4-7-15(12(16)18)9-10-3-1-2-6-14-10/h1-4,6-7H,5,8-9,13H2. The molecule has 0 aliphatic heterocycles. The monoisotopic (exact) mass is 246 g/mol. The molecule has 0 unspecified atom stereocenters. The van der Waals surface area contributed by atoms with E-state index in [4.69, 9.17) is 5.73 Å². The Morgan fingerprint density at radius 1 is 1.22 bits per heavy atom. The van der Waals surface area contributed by atoms with E-state index in [1.54, 1.807) is 6.20 Å². The molecule has 2 heterocycles. The number of nitrogens with zero attached hydrogens (tertiary/aromatic N) is 3. The van der Waals surface area contributed by atoms with Crippen LogP contribution >= 0.6 is 0 Å². The van der Waals surface area contributed by atoms with Crippen molar-refractivity contribution in [3.63, 3.8) is 0 Å². The lowest BCUT2D eigenvalue weighted by Crippen LogP contribution is -2.40. The quantitative estimate of drug-likeness (QED) is 0.781. The van der Waals surface area contributed by atoms with E-state index in [1.807, 2.05) is 18.2 Å². The molecular formula is C12H14N4O2. The highest BCUT2D eigenvalue weighted by molar-refractivity contribution is 5.04. The van der Waals surface area contributed by atoms with Gasteiger partial charge in [-0.25, -0.2) is 4.79 Å². The second kappa shape index (κ2) is 5.42. The first-order chi connectivity index (χ1) is 8.72. The van der Waals surface area contributed by atoms with Gasteiger partial charge in [-0.3, -0.25) is 18.9 Å². The summed E-state index contributed by atoms with van der Waals surface area (Å²) in [4.78, 5) is 27.7. The molecule has 6 nitrogen and oxygen atoms in total. The maximum Gasteiger partial charge on any atom is 0.331 e. The Hall–Kier alpha value is -2.21. The second-order valence-corrected chi connectivity index (χ2v) is 3.83. The summed E-state index contributed by atoms with van der Waals surface area (Å²) in [6.07, 6.45) is 3.14. The van der Waals surface area contributed by atoms with Crippen LogP contribution < -0.4 is 17.0 Å². The number of hydrogen-bond acceptors (Lipinski definition) is 4. The van der Waals surface area contributed by atoms with Crippen LogP contribution in [0.1, 0.15) is 5.69 Å². The number of aromatic nitrogens is 3. The highest BCUT2D eigenvalue weighted by Crippen LogP contribution is 1.94. The molecule has 0 atom stereocenters. The Morgan fingerprint density at radius 3 is 2.72 bits per heavy atom. The first kappa shape index (κ1) is 12.3. The zero-order valence-electron chi connectivity index (χ0n) is 9.82. The Kier molecular flexibility index (Phi) is 3.69. The number of nitrogens with two attached hydrogens (primary N) is 1. The zero-order valence-corrected chi connectivity index (χ0v) is 9.82. The molecule has 2 aromatic heterocycles. The summed E-state index contributed by atoms with van der Waals surface area (Å²) in [7, 11) is 0. The normalized spacial score (nSPS) is 10.5. The van der Waals surface area contributed by atoms with Crippen LogP contribution in [-0.4, -0.2) is 20.7 Å². The fourth-order valence-electron chi connectivity index (χ4n) is 1.68. The highest BCUT2D eigenvalue weighted by atomic mass is 16.2. The van der Waals surface area contributed by atoms with Crippen LogP contribution in [0.15, 0.2) is 46.2 Å². The summed E-state index contributed by atoms with van der Waals surface area (Å²) in [6, 6.07) is 6.84. The fourth-order valence-corrected chi connectivity index (χ4v) is 1.68. The van der Waals surface area contributed by atoms with Gasteiger partial charge in [0.15, 0.2) is 0 Å². The molecule has 0 aliphatic rings. The van der Waals surface area contributed by atoms with E-state index in [-0.39, 0.29) is 24.3 Å². The van der Waals surface area contributed by atoms with Crippen LogP contribution in [0.2, 0.25) is 0 Å². The summed E-state index contributed by atoms with van der Waals surface area (Å²) < 4.78 is 2.57. The van der Waals surface area contributed by atoms with Gasteiger partial charge in [0.1, 0.15) is 0 Å². The molecule has 0 spiro atoms. The van der Waals surface area contributed by atoms with Crippen molar-refractivity contribution in [2.75, 3.05) is 6.54 Å². The molecule has 0 saturated heterocycles. The summed E-state index contributed by atoms with van der Waals surface area (Å²) in [5.41, 5.74) is 5.45. The van der Waals surface area contributed by atoms with Crippen LogP contribution in [0.25, 0.3) is 0 Å². The van der Waals surface area contributed by atoms with Crippen molar-refractivity contribution in [3.8, 4) is 0 Å². The van der Waals surface area contributed by atoms with Gasteiger partial charge in [0.25, 0.3) is 5.56 Å². The summed E-state index contributed by atoms with van der Waals surface area (Å²) in [5, 5.41) is 0. The van der Waals surface area contributed by atoms with Crippen molar-refractivity contribution in [3.05, 3.63) is 63.2 Å². The molecule has 2 rings (SSSR count). The van der Waals surface area contributed by atoms with E-state index < -0.39 is 0 Å². The molecule has 0 fully saturated rings. The van der Waals surface area contributed by atoms with Gasteiger partial charge in [-0.2, -0.15) is 0 Å².